The molecular weight excluding hydrogens is 338 g/mol. The summed E-state index contributed by atoms with van der Waals surface area (Å²) in [6.45, 7) is 2.09. The average Bonchev–Trinajstić information content (AvgIpc) is 2.79. The number of halogens is 1. The molecule has 20 heavy (non-hydrogen) atoms. The molecule has 5 heteroatoms. The first kappa shape index (κ1) is 15.4. The van der Waals surface area contributed by atoms with Crippen molar-refractivity contribution in [2.45, 2.75) is 13.0 Å². The fourth-order valence-corrected chi connectivity index (χ4v) is 3.91. The Hall–Kier alpha value is -1.04. The Labute approximate surface area is 132 Å². The van der Waals surface area contributed by atoms with E-state index in [1.807, 2.05) is 25.2 Å². The van der Waals surface area contributed by atoms with Gasteiger partial charge in [0.2, 0.25) is 0 Å². The minimum Gasteiger partial charge on any atom is -0.496 e. The molecule has 1 atom stereocenters. The van der Waals surface area contributed by atoms with Crippen LogP contribution in [0.25, 0.3) is 0 Å². The standard InChI is InChI=1S/C15H18BrNO2S/c1-9-8-12(20-15(9)16)14(17-2)13-10(18-3)6-5-7-11(13)19-4/h5-8,14,17H,1-4H3. The van der Waals surface area contributed by atoms with Gasteiger partial charge < -0.3 is 14.8 Å². The Balaban J connectivity index is 2.56. The van der Waals surface area contributed by atoms with Gasteiger partial charge in [0.25, 0.3) is 0 Å². The van der Waals surface area contributed by atoms with Gasteiger partial charge in [0, 0.05) is 4.88 Å². The number of benzene rings is 1. The highest BCUT2D eigenvalue weighted by Gasteiger charge is 2.23. The van der Waals surface area contributed by atoms with Crippen molar-refractivity contribution in [2.24, 2.45) is 0 Å². The molecule has 0 aliphatic heterocycles. The summed E-state index contributed by atoms with van der Waals surface area (Å²) >= 11 is 5.31. The van der Waals surface area contributed by atoms with Crippen LogP contribution < -0.4 is 14.8 Å². The summed E-state index contributed by atoms with van der Waals surface area (Å²) in [5.74, 6) is 1.65. The zero-order valence-corrected chi connectivity index (χ0v) is 14.4. The van der Waals surface area contributed by atoms with Crippen LogP contribution in [0.5, 0.6) is 11.5 Å². The third-order valence-electron chi connectivity index (χ3n) is 3.20. The van der Waals surface area contributed by atoms with Crippen LogP contribution in [0.15, 0.2) is 28.1 Å². The van der Waals surface area contributed by atoms with Crippen LogP contribution in [0.4, 0.5) is 0 Å². The Morgan fingerprint density at radius 1 is 1.20 bits per heavy atom. The lowest BCUT2D eigenvalue weighted by molar-refractivity contribution is 0.379. The first-order valence-corrected chi connectivity index (χ1v) is 7.87. The molecule has 0 amide bonds. The summed E-state index contributed by atoms with van der Waals surface area (Å²) in [6, 6.07) is 8.07. The highest BCUT2D eigenvalue weighted by Crippen LogP contribution is 2.41. The van der Waals surface area contributed by atoms with Gasteiger partial charge in [0.05, 0.1) is 29.6 Å². The van der Waals surface area contributed by atoms with Gasteiger partial charge in [0.15, 0.2) is 0 Å². The predicted molar refractivity (Wildman–Crippen MR) is 87.2 cm³/mol. The summed E-state index contributed by atoms with van der Waals surface area (Å²) in [7, 11) is 5.31. The van der Waals surface area contributed by atoms with Crippen LogP contribution in [-0.2, 0) is 0 Å². The van der Waals surface area contributed by atoms with Gasteiger partial charge in [-0.3, -0.25) is 0 Å². The molecule has 108 valence electrons. The number of methoxy groups -OCH3 is 2. The highest BCUT2D eigenvalue weighted by molar-refractivity contribution is 9.11. The zero-order chi connectivity index (χ0) is 14.7. The van der Waals surface area contributed by atoms with Gasteiger partial charge >= 0.3 is 0 Å². The van der Waals surface area contributed by atoms with Crippen molar-refractivity contribution in [1.82, 2.24) is 5.32 Å². The largest absolute Gasteiger partial charge is 0.496 e. The van der Waals surface area contributed by atoms with Crippen LogP contribution in [0.2, 0.25) is 0 Å². The van der Waals surface area contributed by atoms with Gasteiger partial charge in [-0.1, -0.05) is 6.07 Å². The molecule has 0 saturated heterocycles. The molecule has 1 heterocycles. The molecular formula is C15H18BrNO2S. The lowest BCUT2D eigenvalue weighted by atomic mass is 10.0. The fraction of sp³-hybridized carbons (Fsp3) is 0.333. The van der Waals surface area contributed by atoms with Crippen molar-refractivity contribution in [3.63, 3.8) is 0 Å². The van der Waals surface area contributed by atoms with Gasteiger partial charge in [-0.25, -0.2) is 0 Å². The van der Waals surface area contributed by atoms with E-state index in [1.165, 1.54) is 10.4 Å². The second kappa shape index (κ2) is 6.61. The molecule has 1 unspecified atom stereocenters. The Kier molecular flexibility index (Phi) is 5.07. The second-order valence-electron chi connectivity index (χ2n) is 4.40. The van der Waals surface area contributed by atoms with Gasteiger partial charge in [0.1, 0.15) is 11.5 Å². The molecule has 1 N–H and O–H groups in total. The van der Waals surface area contributed by atoms with Gasteiger partial charge in [-0.2, -0.15) is 0 Å². The first-order chi connectivity index (χ1) is 9.62. The van der Waals surface area contributed by atoms with E-state index in [0.717, 1.165) is 20.8 Å². The molecule has 2 aromatic rings. The topological polar surface area (TPSA) is 30.5 Å². The monoisotopic (exact) mass is 355 g/mol. The molecule has 0 spiro atoms. The molecule has 2 rings (SSSR count). The summed E-state index contributed by atoms with van der Waals surface area (Å²) in [5, 5.41) is 3.35. The van der Waals surface area contributed by atoms with E-state index < -0.39 is 0 Å². The van der Waals surface area contributed by atoms with Crippen molar-refractivity contribution in [3.8, 4) is 11.5 Å². The molecule has 1 aromatic heterocycles. The van der Waals surface area contributed by atoms with E-state index in [1.54, 1.807) is 25.6 Å². The molecule has 3 nitrogen and oxygen atoms in total. The van der Waals surface area contributed by atoms with Crippen LogP contribution in [-0.4, -0.2) is 21.3 Å². The van der Waals surface area contributed by atoms with E-state index >= 15 is 0 Å². The van der Waals surface area contributed by atoms with Crippen LogP contribution in [0.1, 0.15) is 22.0 Å². The fourth-order valence-electron chi connectivity index (χ4n) is 2.22. The SMILES string of the molecule is CNC(c1cc(C)c(Br)s1)c1c(OC)cccc1OC. The predicted octanol–water partition coefficient (Wildman–Crippen LogP) is 4.15. The van der Waals surface area contributed by atoms with Crippen molar-refractivity contribution in [3.05, 3.63) is 44.1 Å². The molecule has 0 bridgehead atoms. The van der Waals surface area contributed by atoms with Crippen LogP contribution in [0.3, 0.4) is 0 Å². The quantitative estimate of drug-likeness (QED) is 0.873. The van der Waals surface area contributed by atoms with Crippen molar-refractivity contribution in [1.29, 1.82) is 0 Å². The lowest BCUT2D eigenvalue weighted by Gasteiger charge is -2.21. The molecule has 0 saturated carbocycles. The number of hydrogen-bond acceptors (Lipinski definition) is 4. The molecule has 0 fully saturated rings. The molecule has 0 aliphatic rings. The maximum Gasteiger partial charge on any atom is 0.127 e. The third-order valence-corrected chi connectivity index (χ3v) is 5.41. The van der Waals surface area contributed by atoms with Gasteiger partial charge in [-0.05, 0) is 53.7 Å². The smallest absolute Gasteiger partial charge is 0.127 e. The zero-order valence-electron chi connectivity index (χ0n) is 12.0. The second-order valence-corrected chi connectivity index (χ2v) is 6.81. The Morgan fingerprint density at radius 3 is 2.20 bits per heavy atom. The minimum absolute atomic E-state index is 0.0381. The van der Waals surface area contributed by atoms with Crippen molar-refractivity contribution in [2.75, 3.05) is 21.3 Å². The maximum absolute atomic E-state index is 5.50. The Morgan fingerprint density at radius 2 is 1.80 bits per heavy atom. The van der Waals surface area contributed by atoms with E-state index in [0.29, 0.717) is 0 Å². The summed E-state index contributed by atoms with van der Waals surface area (Å²) in [5.41, 5.74) is 2.26. The van der Waals surface area contributed by atoms with E-state index in [-0.39, 0.29) is 6.04 Å². The van der Waals surface area contributed by atoms with Crippen molar-refractivity contribution < 1.29 is 9.47 Å². The van der Waals surface area contributed by atoms with Crippen LogP contribution >= 0.6 is 27.3 Å². The third kappa shape index (κ3) is 2.85. The van der Waals surface area contributed by atoms with E-state index in [4.69, 9.17) is 9.47 Å². The highest BCUT2D eigenvalue weighted by atomic mass is 79.9. The molecule has 1 aromatic carbocycles. The molecule has 0 aliphatic carbocycles. The number of rotatable bonds is 5. The van der Waals surface area contributed by atoms with E-state index in [9.17, 15) is 0 Å². The average molecular weight is 356 g/mol. The van der Waals surface area contributed by atoms with Crippen molar-refractivity contribution >= 4 is 27.3 Å². The Bertz CT molecular complexity index is 556. The lowest BCUT2D eigenvalue weighted by Crippen LogP contribution is -2.18. The number of aryl methyl sites for hydroxylation is 1. The van der Waals surface area contributed by atoms with Gasteiger partial charge in [-0.15, -0.1) is 11.3 Å². The number of thiophene rings is 1. The normalized spacial score (nSPS) is 12.2. The summed E-state index contributed by atoms with van der Waals surface area (Å²) in [4.78, 5) is 1.22. The minimum atomic E-state index is 0.0381. The summed E-state index contributed by atoms with van der Waals surface area (Å²) in [6.07, 6.45) is 0. The first-order valence-electron chi connectivity index (χ1n) is 6.26. The number of hydrogen-bond donors (Lipinski definition) is 1. The maximum atomic E-state index is 5.50. The van der Waals surface area contributed by atoms with E-state index in [2.05, 4.69) is 34.2 Å². The molecule has 0 radical (unpaired) electrons. The number of nitrogens with one attached hydrogen (secondary N) is 1. The summed E-state index contributed by atoms with van der Waals surface area (Å²) < 4.78 is 12.2. The van der Waals surface area contributed by atoms with Crippen LogP contribution in [0, 0.1) is 6.92 Å². The number of ether oxygens (including phenoxy) is 2.